The minimum absolute atomic E-state index is 0.0358. The van der Waals surface area contributed by atoms with E-state index < -0.39 is 6.04 Å². The second-order valence-electron chi connectivity index (χ2n) is 5.81. The van der Waals surface area contributed by atoms with Crippen LogP contribution in [-0.2, 0) is 21.5 Å². The quantitative estimate of drug-likeness (QED) is 0.848. The number of likely N-dealkylation sites (N-methyl/N-ethyl adjacent to an activating group) is 1. The van der Waals surface area contributed by atoms with Crippen LogP contribution in [0.5, 0.6) is 0 Å². The summed E-state index contributed by atoms with van der Waals surface area (Å²) in [6, 6.07) is -0.403. The number of likely N-dealkylation sites (tertiary alicyclic amines) is 1. The Bertz CT molecular complexity index is 504. The van der Waals surface area contributed by atoms with Gasteiger partial charge in [0, 0.05) is 24.4 Å². The van der Waals surface area contributed by atoms with E-state index >= 15 is 0 Å². The normalized spacial score (nSPS) is 20.4. The van der Waals surface area contributed by atoms with Crippen LogP contribution in [0, 0.1) is 0 Å². The highest BCUT2D eigenvalue weighted by atomic mass is 32.1. The number of imide groups is 1. The van der Waals surface area contributed by atoms with E-state index in [1.54, 1.807) is 11.3 Å². The van der Waals surface area contributed by atoms with Gasteiger partial charge in [-0.1, -0.05) is 20.8 Å². The molecule has 5 nitrogen and oxygen atoms in total. The Hall–Kier alpha value is -1.27. The summed E-state index contributed by atoms with van der Waals surface area (Å²) in [5.74, 6) is -0.283. The number of aromatic nitrogens is 1. The molecule has 1 aliphatic rings. The van der Waals surface area contributed by atoms with Crippen LogP contribution in [0.4, 0.5) is 0 Å². The first-order chi connectivity index (χ1) is 8.79. The molecular formula is C13H19N3O2S. The van der Waals surface area contributed by atoms with E-state index in [9.17, 15) is 9.59 Å². The second kappa shape index (κ2) is 5.02. The summed E-state index contributed by atoms with van der Waals surface area (Å²) in [6.07, 6.45) is 0.243. The minimum atomic E-state index is -0.403. The molecule has 6 heteroatoms. The highest BCUT2D eigenvalue weighted by Gasteiger charge is 2.35. The SMILES string of the molecule is CN1C(=O)CC(NCc2nc(C(C)(C)C)cs2)C1=O. The van der Waals surface area contributed by atoms with Crippen molar-refractivity contribution in [3.63, 3.8) is 0 Å². The number of nitrogens with one attached hydrogen (secondary N) is 1. The van der Waals surface area contributed by atoms with Crippen LogP contribution in [0.3, 0.4) is 0 Å². The van der Waals surface area contributed by atoms with E-state index in [1.165, 1.54) is 11.9 Å². The Morgan fingerprint density at radius 2 is 2.16 bits per heavy atom. The minimum Gasteiger partial charge on any atom is -0.299 e. The number of thiazole rings is 1. The van der Waals surface area contributed by atoms with Gasteiger partial charge in [-0.3, -0.25) is 19.8 Å². The van der Waals surface area contributed by atoms with E-state index in [-0.39, 0.29) is 23.7 Å². The average Bonchev–Trinajstić information content (AvgIpc) is 2.88. The molecule has 2 amide bonds. The van der Waals surface area contributed by atoms with Crippen molar-refractivity contribution in [3.8, 4) is 0 Å². The number of amides is 2. The fourth-order valence-corrected chi connectivity index (χ4v) is 2.83. The lowest BCUT2D eigenvalue weighted by Crippen LogP contribution is -2.36. The predicted molar refractivity (Wildman–Crippen MR) is 73.8 cm³/mol. The van der Waals surface area contributed by atoms with Crippen molar-refractivity contribution in [2.75, 3.05) is 7.05 Å². The Kier molecular flexibility index (Phi) is 3.73. The van der Waals surface area contributed by atoms with Crippen molar-refractivity contribution in [2.24, 2.45) is 0 Å². The van der Waals surface area contributed by atoms with Crippen LogP contribution in [-0.4, -0.2) is 34.8 Å². The molecule has 2 rings (SSSR count). The first-order valence-electron chi connectivity index (χ1n) is 6.27. The molecule has 1 N–H and O–H groups in total. The van der Waals surface area contributed by atoms with Gasteiger partial charge in [-0.05, 0) is 0 Å². The molecule has 1 aromatic rings. The summed E-state index contributed by atoms with van der Waals surface area (Å²) in [6.45, 7) is 6.88. The van der Waals surface area contributed by atoms with Crippen molar-refractivity contribution in [1.82, 2.24) is 15.2 Å². The van der Waals surface area contributed by atoms with Crippen LogP contribution in [0.15, 0.2) is 5.38 Å². The lowest BCUT2D eigenvalue weighted by Gasteiger charge is -2.14. The van der Waals surface area contributed by atoms with Gasteiger partial charge in [0.1, 0.15) is 5.01 Å². The number of rotatable bonds is 3. The summed E-state index contributed by atoms with van der Waals surface area (Å²) in [4.78, 5) is 28.9. The Morgan fingerprint density at radius 1 is 1.47 bits per heavy atom. The smallest absolute Gasteiger partial charge is 0.246 e. The van der Waals surface area contributed by atoms with E-state index in [1.807, 2.05) is 5.38 Å². The fourth-order valence-electron chi connectivity index (χ4n) is 1.86. The topological polar surface area (TPSA) is 62.3 Å². The van der Waals surface area contributed by atoms with E-state index in [4.69, 9.17) is 0 Å². The van der Waals surface area contributed by atoms with Gasteiger partial charge in [-0.15, -0.1) is 11.3 Å². The Balaban J connectivity index is 1.95. The van der Waals surface area contributed by atoms with E-state index in [0.717, 1.165) is 10.7 Å². The Morgan fingerprint density at radius 3 is 2.63 bits per heavy atom. The number of hydrogen-bond donors (Lipinski definition) is 1. The van der Waals surface area contributed by atoms with Crippen molar-refractivity contribution >= 4 is 23.2 Å². The first kappa shape index (κ1) is 14.1. The molecule has 1 fully saturated rings. The largest absolute Gasteiger partial charge is 0.299 e. The maximum Gasteiger partial charge on any atom is 0.246 e. The van der Waals surface area contributed by atoms with Crippen LogP contribution in [0.1, 0.15) is 37.9 Å². The van der Waals surface area contributed by atoms with Gasteiger partial charge in [0.2, 0.25) is 11.8 Å². The predicted octanol–water partition coefficient (Wildman–Crippen LogP) is 1.29. The molecule has 1 unspecified atom stereocenters. The lowest BCUT2D eigenvalue weighted by atomic mass is 9.93. The number of carbonyl (C=O) groups is 2. The maximum absolute atomic E-state index is 11.7. The van der Waals surface area contributed by atoms with Crippen LogP contribution < -0.4 is 5.32 Å². The summed E-state index contributed by atoms with van der Waals surface area (Å²) in [5.41, 5.74) is 1.09. The monoisotopic (exact) mass is 281 g/mol. The summed E-state index contributed by atoms with van der Waals surface area (Å²) in [5, 5.41) is 6.10. The zero-order valence-corrected chi connectivity index (χ0v) is 12.5. The third kappa shape index (κ3) is 3.01. The number of nitrogens with zero attached hydrogens (tertiary/aromatic N) is 2. The highest BCUT2D eigenvalue weighted by Crippen LogP contribution is 2.24. The van der Waals surface area contributed by atoms with Gasteiger partial charge in [0.15, 0.2) is 0 Å². The van der Waals surface area contributed by atoms with Gasteiger partial charge in [0.25, 0.3) is 0 Å². The molecular weight excluding hydrogens is 262 g/mol. The van der Waals surface area contributed by atoms with Crippen molar-refractivity contribution in [2.45, 2.75) is 45.2 Å². The highest BCUT2D eigenvalue weighted by molar-refractivity contribution is 7.09. The van der Waals surface area contributed by atoms with Crippen molar-refractivity contribution in [3.05, 3.63) is 16.1 Å². The number of hydrogen-bond acceptors (Lipinski definition) is 5. The van der Waals surface area contributed by atoms with Gasteiger partial charge < -0.3 is 0 Å². The first-order valence-corrected chi connectivity index (χ1v) is 7.15. The molecule has 0 radical (unpaired) electrons. The van der Waals surface area contributed by atoms with Gasteiger partial charge in [-0.25, -0.2) is 4.98 Å². The molecule has 1 aromatic heterocycles. The van der Waals surface area contributed by atoms with Crippen LogP contribution in [0.25, 0.3) is 0 Å². The summed E-state index contributed by atoms with van der Waals surface area (Å²) >= 11 is 1.58. The average molecular weight is 281 g/mol. The molecule has 1 atom stereocenters. The fraction of sp³-hybridized carbons (Fsp3) is 0.615. The van der Waals surface area contributed by atoms with Crippen molar-refractivity contribution in [1.29, 1.82) is 0 Å². The lowest BCUT2D eigenvalue weighted by molar-refractivity contribution is -0.137. The summed E-state index contributed by atoms with van der Waals surface area (Å²) in [7, 11) is 1.52. The molecule has 2 heterocycles. The zero-order valence-electron chi connectivity index (χ0n) is 11.7. The second-order valence-corrected chi connectivity index (χ2v) is 6.75. The van der Waals surface area contributed by atoms with Gasteiger partial charge in [0.05, 0.1) is 18.2 Å². The molecule has 0 saturated carbocycles. The molecule has 0 spiro atoms. The molecule has 1 aliphatic heterocycles. The van der Waals surface area contributed by atoms with Crippen LogP contribution >= 0.6 is 11.3 Å². The van der Waals surface area contributed by atoms with E-state index in [2.05, 4.69) is 31.1 Å². The van der Waals surface area contributed by atoms with Gasteiger partial charge in [-0.2, -0.15) is 0 Å². The zero-order chi connectivity index (χ0) is 14.2. The third-order valence-corrected chi connectivity index (χ3v) is 4.05. The number of carbonyl (C=O) groups excluding carboxylic acids is 2. The molecule has 104 valence electrons. The molecule has 0 aliphatic carbocycles. The molecule has 1 saturated heterocycles. The molecule has 0 bridgehead atoms. The maximum atomic E-state index is 11.7. The third-order valence-electron chi connectivity index (χ3n) is 3.20. The van der Waals surface area contributed by atoms with Gasteiger partial charge >= 0.3 is 0 Å². The molecule has 0 aromatic carbocycles. The van der Waals surface area contributed by atoms with Crippen LogP contribution in [0.2, 0.25) is 0 Å². The standard InChI is InChI=1S/C13H19N3O2S/c1-13(2,3)9-7-19-10(15-9)6-14-8-5-11(17)16(4)12(8)18/h7-8,14H,5-6H2,1-4H3. The Labute approximate surface area is 117 Å². The van der Waals surface area contributed by atoms with Crippen molar-refractivity contribution < 1.29 is 9.59 Å². The van der Waals surface area contributed by atoms with E-state index in [0.29, 0.717) is 6.54 Å². The summed E-state index contributed by atoms with van der Waals surface area (Å²) < 4.78 is 0. The molecule has 19 heavy (non-hydrogen) atoms.